The van der Waals surface area contributed by atoms with Crippen molar-refractivity contribution in [3.8, 4) is 0 Å². The lowest BCUT2D eigenvalue weighted by atomic mass is 9.79. The third-order valence-corrected chi connectivity index (χ3v) is 14.4. The Morgan fingerprint density at radius 1 is 0.414 bits per heavy atom. The first-order chi connectivity index (χ1) is 34.1. The van der Waals surface area contributed by atoms with Gasteiger partial charge in [-0.1, -0.05) is 195 Å². The smallest absolute Gasteiger partial charge is 0.407 e. The molecule has 0 aromatic heterocycles. The topological polar surface area (TPSA) is 144 Å². The van der Waals surface area contributed by atoms with E-state index in [2.05, 4.69) is 39.9 Å². The maximum Gasteiger partial charge on any atom is 0.407 e. The number of esters is 4. The largest absolute Gasteiger partial charge is 0.465 e. The van der Waals surface area contributed by atoms with Crippen molar-refractivity contribution in [3.63, 3.8) is 0 Å². The SMILES string of the molecule is CCCCCCCCC(CCCCCCCC)OC(=O)CCCC(=O)OCC(COC(=O)CCCC(=O)OC(CCCCCCCC)CCCCCCCC)COC(=O)NCCC(C)C1CCCCC1. The normalized spacial score (nSPS) is 13.4. The van der Waals surface area contributed by atoms with Crippen LogP contribution in [0.25, 0.3) is 0 Å². The lowest BCUT2D eigenvalue weighted by molar-refractivity contribution is -0.151. The second-order valence-corrected chi connectivity index (χ2v) is 21.1. The molecule has 1 atom stereocenters. The van der Waals surface area contributed by atoms with Crippen LogP contribution in [0.2, 0.25) is 0 Å². The molecular weight excluding hydrogens is 883 g/mol. The van der Waals surface area contributed by atoms with E-state index < -0.39 is 23.9 Å². The Balaban J connectivity index is 2.69. The van der Waals surface area contributed by atoms with Crippen LogP contribution in [-0.4, -0.2) is 68.5 Å². The Hall–Kier alpha value is -2.85. The van der Waals surface area contributed by atoms with Crippen LogP contribution in [-0.2, 0) is 42.9 Å². The summed E-state index contributed by atoms with van der Waals surface area (Å²) in [5.41, 5.74) is 0. The van der Waals surface area contributed by atoms with Gasteiger partial charge in [0.2, 0.25) is 0 Å². The predicted molar refractivity (Wildman–Crippen MR) is 285 cm³/mol. The minimum atomic E-state index is -0.593. The summed E-state index contributed by atoms with van der Waals surface area (Å²) in [6.45, 7) is 11.3. The highest BCUT2D eigenvalue weighted by Gasteiger charge is 2.22. The molecule has 1 saturated carbocycles. The average Bonchev–Trinajstić information content (AvgIpc) is 3.35. The van der Waals surface area contributed by atoms with E-state index in [1.165, 1.54) is 135 Å². The van der Waals surface area contributed by atoms with Gasteiger partial charge in [0.15, 0.2) is 0 Å². The number of hydrogen-bond acceptors (Lipinski definition) is 10. The molecule has 1 N–H and O–H groups in total. The van der Waals surface area contributed by atoms with Gasteiger partial charge in [-0.15, -0.1) is 0 Å². The highest BCUT2D eigenvalue weighted by molar-refractivity contribution is 5.73. The number of alkyl carbamates (subject to hydrolysis) is 1. The second-order valence-electron chi connectivity index (χ2n) is 21.1. The van der Waals surface area contributed by atoms with E-state index >= 15 is 0 Å². The summed E-state index contributed by atoms with van der Waals surface area (Å²) < 4.78 is 28.7. The van der Waals surface area contributed by atoms with Gasteiger partial charge in [0.25, 0.3) is 0 Å². The van der Waals surface area contributed by atoms with Gasteiger partial charge in [-0.2, -0.15) is 0 Å². The van der Waals surface area contributed by atoms with E-state index in [4.69, 9.17) is 23.7 Å². The molecule has 1 aliphatic rings. The molecule has 11 heteroatoms. The minimum Gasteiger partial charge on any atom is -0.465 e. The highest BCUT2D eigenvalue weighted by atomic mass is 16.6. The summed E-state index contributed by atoms with van der Waals surface area (Å²) in [6, 6.07) is 0. The van der Waals surface area contributed by atoms with Gasteiger partial charge in [-0.25, -0.2) is 4.79 Å². The summed E-state index contributed by atoms with van der Waals surface area (Å²) in [5.74, 6) is -0.895. The van der Waals surface area contributed by atoms with Gasteiger partial charge in [0.1, 0.15) is 32.0 Å². The third kappa shape index (κ3) is 39.7. The van der Waals surface area contributed by atoms with Gasteiger partial charge < -0.3 is 29.0 Å². The summed E-state index contributed by atoms with van der Waals surface area (Å²) in [4.78, 5) is 64.5. The van der Waals surface area contributed by atoms with Gasteiger partial charge in [-0.05, 0) is 82.5 Å². The molecule has 0 bridgehead atoms. The molecule has 0 aromatic carbocycles. The molecule has 410 valence electrons. The van der Waals surface area contributed by atoms with E-state index in [-0.39, 0.29) is 69.7 Å². The lowest BCUT2D eigenvalue weighted by Gasteiger charge is -2.27. The van der Waals surface area contributed by atoms with Crippen molar-refractivity contribution in [2.45, 2.75) is 304 Å². The average molecular weight is 993 g/mol. The number of amides is 1. The minimum absolute atomic E-state index is 0.0382. The third-order valence-electron chi connectivity index (χ3n) is 14.4. The molecule has 1 fully saturated rings. The number of hydrogen-bond donors (Lipinski definition) is 1. The molecule has 1 unspecified atom stereocenters. The van der Waals surface area contributed by atoms with E-state index in [1.54, 1.807) is 0 Å². The van der Waals surface area contributed by atoms with Crippen LogP contribution in [0.1, 0.15) is 291 Å². The number of nitrogens with one attached hydrogen (secondary N) is 1. The molecule has 0 radical (unpaired) electrons. The van der Waals surface area contributed by atoms with Gasteiger partial charge in [-0.3, -0.25) is 19.2 Å². The molecule has 1 aliphatic carbocycles. The zero-order chi connectivity index (χ0) is 51.1. The van der Waals surface area contributed by atoms with Crippen LogP contribution in [0.4, 0.5) is 4.79 Å². The first-order valence-corrected chi connectivity index (χ1v) is 29.7. The summed E-state index contributed by atoms with van der Waals surface area (Å²) in [6.07, 6.45) is 39.6. The number of carbonyl (C=O) groups excluding carboxylic acids is 5. The van der Waals surface area contributed by atoms with Crippen molar-refractivity contribution in [1.29, 1.82) is 0 Å². The van der Waals surface area contributed by atoms with Crippen molar-refractivity contribution in [3.05, 3.63) is 0 Å². The zero-order valence-corrected chi connectivity index (χ0v) is 46.1. The predicted octanol–water partition coefficient (Wildman–Crippen LogP) is 16.2. The maximum atomic E-state index is 12.9. The van der Waals surface area contributed by atoms with Crippen molar-refractivity contribution in [2.24, 2.45) is 17.8 Å². The molecule has 11 nitrogen and oxygen atoms in total. The fraction of sp³-hybridized carbons (Fsp3) is 0.915. The van der Waals surface area contributed by atoms with Gasteiger partial charge >= 0.3 is 30.0 Å². The highest BCUT2D eigenvalue weighted by Crippen LogP contribution is 2.31. The van der Waals surface area contributed by atoms with E-state index in [9.17, 15) is 24.0 Å². The Bertz CT molecular complexity index is 1170. The summed E-state index contributed by atoms with van der Waals surface area (Å²) in [5, 5.41) is 2.86. The van der Waals surface area contributed by atoms with Crippen molar-refractivity contribution in [2.75, 3.05) is 26.4 Å². The molecule has 70 heavy (non-hydrogen) atoms. The van der Waals surface area contributed by atoms with Crippen LogP contribution < -0.4 is 5.32 Å². The van der Waals surface area contributed by atoms with Crippen LogP contribution in [0, 0.1) is 17.8 Å². The monoisotopic (exact) mass is 992 g/mol. The van der Waals surface area contributed by atoms with E-state index in [0.717, 1.165) is 83.5 Å². The molecule has 0 saturated heterocycles. The van der Waals surface area contributed by atoms with Gasteiger partial charge in [0, 0.05) is 32.2 Å². The fourth-order valence-electron chi connectivity index (χ4n) is 9.67. The quantitative estimate of drug-likeness (QED) is 0.0355. The number of unbranched alkanes of at least 4 members (excludes halogenated alkanes) is 20. The maximum absolute atomic E-state index is 12.9. The molecule has 0 aromatic rings. The molecule has 0 heterocycles. The van der Waals surface area contributed by atoms with Gasteiger partial charge in [0.05, 0.1) is 5.92 Å². The molecular formula is C59H109NO10. The Morgan fingerprint density at radius 3 is 1.14 bits per heavy atom. The lowest BCUT2D eigenvalue weighted by Crippen LogP contribution is -2.32. The summed E-state index contributed by atoms with van der Waals surface area (Å²) >= 11 is 0. The summed E-state index contributed by atoms with van der Waals surface area (Å²) in [7, 11) is 0. The Kier molecular flexibility index (Phi) is 43.9. The van der Waals surface area contributed by atoms with Crippen LogP contribution >= 0.6 is 0 Å². The van der Waals surface area contributed by atoms with E-state index in [0.29, 0.717) is 31.2 Å². The molecule has 0 aliphatic heterocycles. The first kappa shape index (κ1) is 65.2. The van der Waals surface area contributed by atoms with Crippen LogP contribution in [0.3, 0.4) is 0 Å². The number of carbonyl (C=O) groups is 5. The number of ether oxygens (including phenoxy) is 5. The second kappa shape index (κ2) is 47.2. The van der Waals surface area contributed by atoms with Crippen LogP contribution in [0.15, 0.2) is 0 Å². The zero-order valence-electron chi connectivity index (χ0n) is 46.1. The van der Waals surface area contributed by atoms with Crippen LogP contribution in [0.5, 0.6) is 0 Å². The standard InChI is InChI=1S/C59H109NO10/c1-6-10-14-18-22-29-37-53(38-30-23-19-15-11-7-2)69-57(63)43-33-41-55(61)66-47-51(49-68-59(65)60-46-45-50(5)52-35-27-26-28-36-52)48-67-56(62)42-34-44-58(64)70-54(39-31-24-20-16-12-8-3)40-32-25-21-17-13-9-4/h50-54H,6-49H2,1-5H3,(H,60,65). The van der Waals surface area contributed by atoms with E-state index in [1.807, 2.05) is 0 Å². The molecule has 0 spiro atoms. The Labute approximate surface area is 429 Å². The fourth-order valence-corrected chi connectivity index (χ4v) is 9.67. The van der Waals surface area contributed by atoms with Crippen molar-refractivity contribution < 1.29 is 47.7 Å². The van der Waals surface area contributed by atoms with Crippen molar-refractivity contribution in [1.82, 2.24) is 5.32 Å². The molecule has 1 rings (SSSR count). The Morgan fingerprint density at radius 2 is 0.757 bits per heavy atom. The number of rotatable bonds is 48. The first-order valence-electron chi connectivity index (χ1n) is 29.7. The van der Waals surface area contributed by atoms with Crippen molar-refractivity contribution >= 4 is 30.0 Å². The molecule has 1 amide bonds.